The van der Waals surface area contributed by atoms with E-state index in [-0.39, 0.29) is 0 Å². The summed E-state index contributed by atoms with van der Waals surface area (Å²) in [5.41, 5.74) is 1.11. The smallest absolute Gasteiger partial charge is 0.231 e. The molecule has 0 saturated heterocycles. The molecule has 0 unspecified atom stereocenters. The molecule has 1 aliphatic heterocycles. The fraction of sp³-hybridized carbons (Fsp3) is 0.538. The molecule has 0 aromatic heterocycles. The average Bonchev–Trinajstić information content (AvgIpc) is 2.83. The molecule has 0 bridgehead atoms. The van der Waals surface area contributed by atoms with E-state index in [9.17, 15) is 0 Å². The summed E-state index contributed by atoms with van der Waals surface area (Å²) in [7, 11) is 0. The maximum Gasteiger partial charge on any atom is 0.231 e. The lowest BCUT2D eigenvalue weighted by Crippen LogP contribution is -2.13. The van der Waals surface area contributed by atoms with Crippen molar-refractivity contribution in [3.63, 3.8) is 0 Å². The van der Waals surface area contributed by atoms with Crippen molar-refractivity contribution in [1.29, 1.82) is 0 Å². The van der Waals surface area contributed by atoms with Gasteiger partial charge in [0.05, 0.1) is 6.61 Å². The maximum absolute atomic E-state index is 5.80. The van der Waals surface area contributed by atoms with Crippen LogP contribution in [-0.4, -0.2) is 32.0 Å². The first kappa shape index (κ1) is 13.4. The van der Waals surface area contributed by atoms with Crippen LogP contribution in [0, 0.1) is 0 Å². The quantitative estimate of drug-likeness (QED) is 0.769. The first-order valence-electron chi connectivity index (χ1n) is 6.10. The molecule has 0 amide bonds. The summed E-state index contributed by atoms with van der Waals surface area (Å²) < 4.78 is 16.6. The van der Waals surface area contributed by atoms with Gasteiger partial charge in [0.2, 0.25) is 6.79 Å². The molecule has 1 aromatic carbocycles. The van der Waals surface area contributed by atoms with Gasteiger partial charge in [0.15, 0.2) is 11.5 Å². The van der Waals surface area contributed by atoms with Crippen molar-refractivity contribution >= 4 is 11.8 Å². The minimum Gasteiger partial charge on any atom is -0.492 e. The van der Waals surface area contributed by atoms with E-state index < -0.39 is 0 Å². The largest absolute Gasteiger partial charge is 0.492 e. The van der Waals surface area contributed by atoms with Crippen LogP contribution < -0.4 is 19.5 Å². The van der Waals surface area contributed by atoms with Crippen LogP contribution in [0.5, 0.6) is 17.2 Å². The van der Waals surface area contributed by atoms with Crippen molar-refractivity contribution in [2.24, 2.45) is 0 Å². The molecular weight excluding hydrogens is 250 g/mol. The fourth-order valence-electron chi connectivity index (χ4n) is 1.73. The molecule has 4 nitrogen and oxygen atoms in total. The number of nitrogens with one attached hydrogen (secondary N) is 1. The highest BCUT2D eigenvalue weighted by Crippen LogP contribution is 2.38. The SMILES string of the molecule is CCNCc1cc2c(cc1OCCSC)OCO2. The van der Waals surface area contributed by atoms with Crippen molar-refractivity contribution in [2.75, 3.05) is 32.0 Å². The number of fused-ring (bicyclic) bond motifs is 1. The highest BCUT2D eigenvalue weighted by atomic mass is 32.2. The van der Waals surface area contributed by atoms with Gasteiger partial charge in [-0.3, -0.25) is 0 Å². The first-order chi connectivity index (χ1) is 8.85. The van der Waals surface area contributed by atoms with Crippen LogP contribution in [0.1, 0.15) is 12.5 Å². The van der Waals surface area contributed by atoms with E-state index in [1.165, 1.54) is 0 Å². The average molecular weight is 269 g/mol. The minimum absolute atomic E-state index is 0.296. The second-order valence-electron chi connectivity index (χ2n) is 3.93. The maximum atomic E-state index is 5.80. The summed E-state index contributed by atoms with van der Waals surface area (Å²) in [4.78, 5) is 0. The normalized spacial score (nSPS) is 12.8. The molecule has 100 valence electrons. The Balaban J connectivity index is 2.12. The summed E-state index contributed by atoms with van der Waals surface area (Å²) in [6, 6.07) is 3.93. The van der Waals surface area contributed by atoms with Gasteiger partial charge >= 0.3 is 0 Å². The molecule has 1 heterocycles. The lowest BCUT2D eigenvalue weighted by Gasteiger charge is -2.12. The Morgan fingerprint density at radius 1 is 1.33 bits per heavy atom. The van der Waals surface area contributed by atoms with E-state index >= 15 is 0 Å². The van der Waals surface area contributed by atoms with Crippen LogP contribution in [0.25, 0.3) is 0 Å². The predicted octanol–water partition coefficient (Wildman–Crippen LogP) is 2.27. The van der Waals surface area contributed by atoms with Crippen LogP contribution >= 0.6 is 11.8 Å². The molecule has 5 heteroatoms. The Labute approximate surface area is 112 Å². The number of rotatable bonds is 7. The molecule has 2 rings (SSSR count). The fourth-order valence-corrected chi connectivity index (χ4v) is 1.98. The molecule has 18 heavy (non-hydrogen) atoms. The molecule has 1 aliphatic rings. The topological polar surface area (TPSA) is 39.7 Å². The van der Waals surface area contributed by atoms with Gasteiger partial charge in [-0.15, -0.1) is 0 Å². The minimum atomic E-state index is 0.296. The van der Waals surface area contributed by atoms with Crippen LogP contribution in [0.15, 0.2) is 12.1 Å². The third-order valence-corrected chi connectivity index (χ3v) is 3.24. The van der Waals surface area contributed by atoms with Crippen LogP contribution in [0.2, 0.25) is 0 Å². The second-order valence-corrected chi connectivity index (χ2v) is 4.92. The van der Waals surface area contributed by atoms with Gasteiger partial charge in [0.1, 0.15) is 5.75 Å². The third kappa shape index (κ3) is 3.23. The van der Waals surface area contributed by atoms with E-state index in [4.69, 9.17) is 14.2 Å². The standard InChI is InChI=1S/C13H19NO3S/c1-3-14-8-10-6-12-13(17-9-16-12)7-11(10)15-4-5-18-2/h6-7,14H,3-5,8-9H2,1-2H3. The number of benzene rings is 1. The summed E-state index contributed by atoms with van der Waals surface area (Å²) >= 11 is 1.77. The Hall–Kier alpha value is -1.07. The molecule has 0 atom stereocenters. The lowest BCUT2D eigenvalue weighted by molar-refractivity contribution is 0.173. The zero-order valence-corrected chi connectivity index (χ0v) is 11.6. The Bertz CT molecular complexity index is 398. The van der Waals surface area contributed by atoms with E-state index in [1.807, 2.05) is 12.1 Å². The van der Waals surface area contributed by atoms with Crippen molar-refractivity contribution < 1.29 is 14.2 Å². The Morgan fingerprint density at radius 2 is 2.11 bits per heavy atom. The van der Waals surface area contributed by atoms with Gasteiger partial charge in [-0.05, 0) is 18.9 Å². The zero-order chi connectivity index (χ0) is 12.8. The molecule has 0 aliphatic carbocycles. The van der Waals surface area contributed by atoms with Gasteiger partial charge in [0, 0.05) is 23.9 Å². The molecule has 0 radical (unpaired) electrons. The summed E-state index contributed by atoms with van der Waals surface area (Å²) in [5.74, 6) is 3.44. The number of hydrogen-bond acceptors (Lipinski definition) is 5. The highest BCUT2D eigenvalue weighted by Gasteiger charge is 2.17. The molecule has 1 aromatic rings. The molecule has 1 N–H and O–H groups in total. The van der Waals surface area contributed by atoms with E-state index in [0.717, 1.165) is 41.7 Å². The van der Waals surface area contributed by atoms with E-state index in [0.29, 0.717) is 13.4 Å². The highest BCUT2D eigenvalue weighted by molar-refractivity contribution is 7.98. The Morgan fingerprint density at radius 3 is 2.83 bits per heavy atom. The lowest BCUT2D eigenvalue weighted by atomic mass is 10.1. The zero-order valence-electron chi connectivity index (χ0n) is 10.8. The number of ether oxygens (including phenoxy) is 3. The van der Waals surface area contributed by atoms with Crippen LogP contribution in [0.3, 0.4) is 0 Å². The Kier molecular flexibility index (Phi) is 5.01. The van der Waals surface area contributed by atoms with Crippen molar-refractivity contribution in [3.05, 3.63) is 17.7 Å². The van der Waals surface area contributed by atoms with Gasteiger partial charge in [-0.2, -0.15) is 11.8 Å². The molecular formula is C13H19NO3S. The van der Waals surface area contributed by atoms with Gasteiger partial charge < -0.3 is 19.5 Å². The number of thioether (sulfide) groups is 1. The van der Waals surface area contributed by atoms with Crippen molar-refractivity contribution in [1.82, 2.24) is 5.32 Å². The molecule has 0 saturated carbocycles. The van der Waals surface area contributed by atoms with E-state index in [1.54, 1.807) is 11.8 Å². The second kappa shape index (κ2) is 6.75. The summed E-state index contributed by atoms with van der Waals surface area (Å²) in [6.07, 6.45) is 2.07. The summed E-state index contributed by atoms with van der Waals surface area (Å²) in [5, 5.41) is 3.30. The monoisotopic (exact) mass is 269 g/mol. The molecule has 0 fully saturated rings. The van der Waals surface area contributed by atoms with Gasteiger partial charge in [0.25, 0.3) is 0 Å². The van der Waals surface area contributed by atoms with Crippen molar-refractivity contribution in [2.45, 2.75) is 13.5 Å². The number of hydrogen-bond donors (Lipinski definition) is 1. The third-order valence-electron chi connectivity index (χ3n) is 2.67. The van der Waals surface area contributed by atoms with Crippen LogP contribution in [-0.2, 0) is 6.54 Å². The van der Waals surface area contributed by atoms with Gasteiger partial charge in [-0.1, -0.05) is 6.92 Å². The predicted molar refractivity (Wildman–Crippen MR) is 73.8 cm³/mol. The summed E-state index contributed by atoms with van der Waals surface area (Å²) in [6.45, 7) is 4.80. The van der Waals surface area contributed by atoms with Crippen LogP contribution in [0.4, 0.5) is 0 Å². The molecule has 0 spiro atoms. The first-order valence-corrected chi connectivity index (χ1v) is 7.49. The van der Waals surface area contributed by atoms with E-state index in [2.05, 4.69) is 18.5 Å². The van der Waals surface area contributed by atoms with Crippen molar-refractivity contribution in [3.8, 4) is 17.2 Å². The van der Waals surface area contributed by atoms with Gasteiger partial charge in [-0.25, -0.2) is 0 Å².